The molecule has 4 nitrogen and oxygen atoms in total. The number of fused-ring (bicyclic) bond motifs is 1. The van der Waals surface area contributed by atoms with Crippen LogP contribution >= 0.6 is 0 Å². The van der Waals surface area contributed by atoms with E-state index in [0.717, 1.165) is 52.1 Å². The topological polar surface area (TPSA) is 36.5 Å². The Morgan fingerprint density at radius 1 is 0.909 bits per heavy atom. The number of ether oxygens (including phenoxy) is 1. The first-order valence-corrected chi connectivity index (χ1v) is 8.89. The minimum Gasteiger partial charge on any atom is -0.490 e. The molecule has 1 aliphatic carbocycles. The molecule has 0 saturated carbocycles. The van der Waals surface area contributed by atoms with E-state index < -0.39 is 0 Å². The molecule has 120 valence electrons. The third-order valence-corrected chi connectivity index (χ3v) is 5.25. The molecular formula is C18H27N3O. The summed E-state index contributed by atoms with van der Waals surface area (Å²) in [7, 11) is 0. The molecule has 4 heteroatoms. The number of piperidine rings is 1. The molecule has 0 atom stereocenters. The van der Waals surface area contributed by atoms with Crippen LogP contribution in [-0.4, -0.2) is 45.4 Å². The van der Waals surface area contributed by atoms with Gasteiger partial charge in [0.15, 0.2) is 0 Å². The smallest absolute Gasteiger partial charge is 0.123 e. The van der Waals surface area contributed by atoms with Crippen LogP contribution in [0.4, 0.5) is 5.69 Å². The molecule has 1 aromatic carbocycles. The van der Waals surface area contributed by atoms with Crippen molar-refractivity contribution in [1.82, 2.24) is 10.6 Å². The number of nitrogens with one attached hydrogen (secondary N) is 2. The Hall–Kier alpha value is -1.26. The van der Waals surface area contributed by atoms with Crippen molar-refractivity contribution in [2.24, 2.45) is 0 Å². The van der Waals surface area contributed by atoms with Crippen LogP contribution in [0.2, 0.25) is 0 Å². The van der Waals surface area contributed by atoms with Crippen molar-refractivity contribution in [2.75, 3.05) is 44.2 Å². The molecule has 0 aromatic heterocycles. The fourth-order valence-electron chi connectivity index (χ4n) is 4.06. The number of rotatable bonds is 3. The van der Waals surface area contributed by atoms with Gasteiger partial charge in [-0.2, -0.15) is 0 Å². The summed E-state index contributed by atoms with van der Waals surface area (Å²) < 4.78 is 6.37. The Labute approximate surface area is 133 Å². The average molecular weight is 301 g/mol. The molecule has 0 radical (unpaired) electrons. The Balaban J connectivity index is 1.57. The van der Waals surface area contributed by atoms with E-state index in [0.29, 0.717) is 6.10 Å². The van der Waals surface area contributed by atoms with Crippen LogP contribution < -0.4 is 20.3 Å². The van der Waals surface area contributed by atoms with Gasteiger partial charge < -0.3 is 20.3 Å². The van der Waals surface area contributed by atoms with Crippen LogP contribution in [0.1, 0.15) is 30.4 Å². The maximum atomic E-state index is 6.37. The second-order valence-corrected chi connectivity index (χ2v) is 6.70. The lowest BCUT2D eigenvalue weighted by Gasteiger charge is -2.32. The van der Waals surface area contributed by atoms with Crippen molar-refractivity contribution in [3.63, 3.8) is 0 Å². The quantitative estimate of drug-likeness (QED) is 0.891. The zero-order valence-electron chi connectivity index (χ0n) is 13.4. The maximum Gasteiger partial charge on any atom is 0.123 e. The van der Waals surface area contributed by atoms with E-state index in [1.807, 2.05) is 0 Å². The summed E-state index contributed by atoms with van der Waals surface area (Å²) in [6, 6.07) is 4.55. The van der Waals surface area contributed by atoms with Gasteiger partial charge in [-0.25, -0.2) is 0 Å². The largest absolute Gasteiger partial charge is 0.490 e. The van der Waals surface area contributed by atoms with Crippen LogP contribution in [0.25, 0.3) is 0 Å². The summed E-state index contributed by atoms with van der Waals surface area (Å²) in [6.45, 7) is 6.63. The number of benzene rings is 1. The average Bonchev–Trinajstić information content (AvgIpc) is 3.07. The monoisotopic (exact) mass is 301 g/mol. The molecule has 0 bridgehead atoms. The van der Waals surface area contributed by atoms with E-state index in [4.69, 9.17) is 4.74 Å². The van der Waals surface area contributed by atoms with Gasteiger partial charge in [-0.3, -0.25) is 0 Å². The predicted octanol–water partition coefficient (Wildman–Crippen LogP) is 1.72. The van der Waals surface area contributed by atoms with Crippen molar-refractivity contribution < 1.29 is 4.74 Å². The second-order valence-electron chi connectivity index (χ2n) is 6.70. The molecule has 2 aliphatic heterocycles. The number of hydrogen-bond donors (Lipinski definition) is 2. The van der Waals surface area contributed by atoms with Gasteiger partial charge in [-0.1, -0.05) is 0 Å². The molecule has 2 saturated heterocycles. The summed E-state index contributed by atoms with van der Waals surface area (Å²) in [5.41, 5.74) is 4.52. The summed E-state index contributed by atoms with van der Waals surface area (Å²) >= 11 is 0. The molecule has 0 spiro atoms. The summed E-state index contributed by atoms with van der Waals surface area (Å²) in [4.78, 5) is 2.55. The zero-order valence-corrected chi connectivity index (χ0v) is 13.4. The van der Waals surface area contributed by atoms with Crippen LogP contribution in [0, 0.1) is 0 Å². The van der Waals surface area contributed by atoms with E-state index in [-0.39, 0.29) is 0 Å². The van der Waals surface area contributed by atoms with E-state index in [9.17, 15) is 0 Å². The molecule has 4 rings (SSSR count). The first kappa shape index (κ1) is 14.3. The van der Waals surface area contributed by atoms with Gasteiger partial charge in [0.05, 0.1) is 0 Å². The highest BCUT2D eigenvalue weighted by molar-refractivity contribution is 5.62. The van der Waals surface area contributed by atoms with Gasteiger partial charge in [-0.15, -0.1) is 0 Å². The van der Waals surface area contributed by atoms with Crippen molar-refractivity contribution in [3.05, 3.63) is 23.3 Å². The Bertz CT molecular complexity index is 519. The first-order chi connectivity index (χ1) is 10.9. The van der Waals surface area contributed by atoms with Crippen molar-refractivity contribution in [2.45, 2.75) is 38.2 Å². The van der Waals surface area contributed by atoms with E-state index in [1.165, 1.54) is 36.3 Å². The number of nitrogens with zero attached hydrogens (tertiary/aromatic N) is 1. The van der Waals surface area contributed by atoms with Gasteiger partial charge >= 0.3 is 0 Å². The Morgan fingerprint density at radius 3 is 2.45 bits per heavy atom. The third-order valence-electron chi connectivity index (χ3n) is 5.25. The lowest BCUT2D eigenvalue weighted by atomic mass is 10.0. The van der Waals surface area contributed by atoms with E-state index in [2.05, 4.69) is 27.7 Å². The van der Waals surface area contributed by atoms with Crippen molar-refractivity contribution >= 4 is 5.69 Å². The minimum absolute atomic E-state index is 0.399. The summed E-state index contributed by atoms with van der Waals surface area (Å²) in [5.74, 6) is 1.17. The van der Waals surface area contributed by atoms with Crippen LogP contribution in [-0.2, 0) is 12.8 Å². The van der Waals surface area contributed by atoms with E-state index >= 15 is 0 Å². The molecule has 0 amide bonds. The molecule has 2 heterocycles. The van der Waals surface area contributed by atoms with Crippen LogP contribution in [0.5, 0.6) is 5.75 Å². The Morgan fingerprint density at radius 2 is 1.64 bits per heavy atom. The predicted molar refractivity (Wildman–Crippen MR) is 90.1 cm³/mol. The second kappa shape index (κ2) is 6.47. The lowest BCUT2D eigenvalue weighted by Crippen LogP contribution is -2.43. The SMILES string of the molecule is c1cc(N2CCNCC2)c2c(c1OC1CCNCC1)CCC2. The highest BCUT2D eigenvalue weighted by Crippen LogP contribution is 2.38. The molecule has 3 aliphatic rings. The summed E-state index contributed by atoms with van der Waals surface area (Å²) in [6.07, 6.45) is 6.35. The van der Waals surface area contributed by atoms with Gasteiger partial charge in [0.2, 0.25) is 0 Å². The van der Waals surface area contributed by atoms with Crippen molar-refractivity contribution in [3.8, 4) is 5.75 Å². The number of hydrogen-bond acceptors (Lipinski definition) is 4. The fourth-order valence-corrected chi connectivity index (χ4v) is 4.06. The van der Waals surface area contributed by atoms with Gasteiger partial charge in [0, 0.05) is 31.9 Å². The normalized spacial score (nSPS) is 22.6. The first-order valence-electron chi connectivity index (χ1n) is 8.89. The van der Waals surface area contributed by atoms with Crippen molar-refractivity contribution in [1.29, 1.82) is 0 Å². The number of piperazine rings is 1. The third kappa shape index (κ3) is 2.82. The molecule has 2 fully saturated rings. The van der Waals surface area contributed by atoms with Crippen LogP contribution in [0.15, 0.2) is 12.1 Å². The highest BCUT2D eigenvalue weighted by atomic mass is 16.5. The minimum atomic E-state index is 0.399. The van der Waals surface area contributed by atoms with E-state index in [1.54, 1.807) is 5.56 Å². The van der Waals surface area contributed by atoms with Gasteiger partial charge in [0.25, 0.3) is 0 Å². The summed E-state index contributed by atoms with van der Waals surface area (Å²) in [5, 5.41) is 6.86. The van der Waals surface area contributed by atoms with Gasteiger partial charge in [0.1, 0.15) is 11.9 Å². The molecule has 1 aromatic rings. The molecular weight excluding hydrogens is 274 g/mol. The molecule has 0 unspecified atom stereocenters. The molecule has 2 N–H and O–H groups in total. The van der Waals surface area contributed by atoms with Crippen LogP contribution in [0.3, 0.4) is 0 Å². The zero-order chi connectivity index (χ0) is 14.8. The molecule has 22 heavy (non-hydrogen) atoms. The lowest BCUT2D eigenvalue weighted by molar-refractivity contribution is 0.161. The standard InChI is InChI=1S/C18H27N3O/c1-2-15-16(3-1)18(22-14-6-8-19-9-7-14)5-4-17(15)21-12-10-20-11-13-21/h4-5,14,19-20H,1-3,6-13H2. The maximum absolute atomic E-state index is 6.37. The van der Waals surface area contributed by atoms with Gasteiger partial charge in [-0.05, 0) is 68.5 Å². The Kier molecular flexibility index (Phi) is 4.22. The highest BCUT2D eigenvalue weighted by Gasteiger charge is 2.25. The fraction of sp³-hybridized carbons (Fsp3) is 0.667. The number of anilines is 1.